The third-order valence-corrected chi connectivity index (χ3v) is 8.92. The van der Waals surface area contributed by atoms with E-state index in [9.17, 15) is 0 Å². The summed E-state index contributed by atoms with van der Waals surface area (Å²) in [5, 5.41) is 0. The maximum absolute atomic E-state index is 2.46. The monoisotopic (exact) mass is 538 g/mol. The van der Waals surface area contributed by atoms with Gasteiger partial charge in [0.15, 0.2) is 0 Å². The van der Waals surface area contributed by atoms with E-state index in [1.54, 1.807) is 11.1 Å². The molecule has 0 unspecified atom stereocenters. The van der Waals surface area contributed by atoms with E-state index >= 15 is 0 Å². The van der Waals surface area contributed by atoms with Gasteiger partial charge in [0.05, 0.1) is 0 Å². The third kappa shape index (κ3) is 11.5. The van der Waals surface area contributed by atoms with Crippen LogP contribution in [0.15, 0.2) is 118 Å². The average Bonchev–Trinajstić information content (AvgIpc) is 2.85. The van der Waals surface area contributed by atoms with E-state index < -0.39 is 0 Å². The van der Waals surface area contributed by atoms with E-state index in [4.69, 9.17) is 0 Å². The molecule has 2 aliphatic rings. The second kappa shape index (κ2) is 16.0. The number of hydrogen-bond donors (Lipinski definition) is 0. The van der Waals surface area contributed by atoms with Gasteiger partial charge in [-0.3, -0.25) is 0 Å². The van der Waals surface area contributed by atoms with Gasteiger partial charge >= 0.3 is 0 Å². The molecule has 0 radical (unpaired) electrons. The minimum atomic E-state index is 0.294. The molecule has 1 atom stereocenters. The maximum Gasteiger partial charge on any atom is -0.0104 e. The first-order valence-electron chi connectivity index (χ1n) is 15.6. The molecule has 0 amide bonds. The summed E-state index contributed by atoms with van der Waals surface area (Å²) in [4.78, 5) is 0. The summed E-state index contributed by atoms with van der Waals surface area (Å²) in [6.45, 7) is 23.0. The second-order valence-electron chi connectivity index (χ2n) is 13.7. The van der Waals surface area contributed by atoms with Gasteiger partial charge in [-0.2, -0.15) is 0 Å². The van der Waals surface area contributed by atoms with Crippen LogP contribution in [0.25, 0.3) is 0 Å². The highest BCUT2D eigenvalue weighted by Gasteiger charge is 2.32. The normalized spacial score (nSPS) is 23.4. The molecule has 0 aromatic rings. The van der Waals surface area contributed by atoms with Crippen molar-refractivity contribution in [3.8, 4) is 0 Å². The van der Waals surface area contributed by atoms with E-state index in [0.29, 0.717) is 16.7 Å². The molecule has 0 saturated heterocycles. The molecule has 2 aliphatic carbocycles. The molecule has 40 heavy (non-hydrogen) atoms. The van der Waals surface area contributed by atoms with Gasteiger partial charge in [0.25, 0.3) is 0 Å². The van der Waals surface area contributed by atoms with Crippen molar-refractivity contribution in [2.75, 3.05) is 0 Å². The summed E-state index contributed by atoms with van der Waals surface area (Å²) in [6.07, 6.45) is 37.7. The van der Waals surface area contributed by atoms with Gasteiger partial charge < -0.3 is 0 Å². The van der Waals surface area contributed by atoms with Crippen LogP contribution in [0, 0.1) is 16.7 Å². The van der Waals surface area contributed by atoms with Gasteiger partial charge in [-0.05, 0) is 109 Å². The van der Waals surface area contributed by atoms with Crippen molar-refractivity contribution in [3.05, 3.63) is 118 Å². The lowest BCUT2D eigenvalue weighted by molar-refractivity contribution is 0.204. The quantitative estimate of drug-likeness (QED) is 0.181. The first kappa shape index (κ1) is 33.6. The van der Waals surface area contributed by atoms with Crippen LogP contribution in [0.4, 0.5) is 0 Å². The molecule has 0 heterocycles. The van der Waals surface area contributed by atoms with Crippen molar-refractivity contribution in [1.82, 2.24) is 0 Å². The van der Waals surface area contributed by atoms with E-state index in [2.05, 4.69) is 148 Å². The summed E-state index contributed by atoms with van der Waals surface area (Å²) >= 11 is 0. The van der Waals surface area contributed by atoms with Crippen LogP contribution in [-0.4, -0.2) is 0 Å². The Morgan fingerprint density at radius 1 is 0.775 bits per heavy atom. The predicted octanol–water partition coefficient (Wildman–Crippen LogP) is 12.7. The zero-order valence-electron chi connectivity index (χ0n) is 27.5. The zero-order chi connectivity index (χ0) is 29.8. The highest BCUT2D eigenvalue weighted by Crippen LogP contribution is 2.44. The van der Waals surface area contributed by atoms with E-state index in [0.717, 1.165) is 0 Å². The standard InChI is InChI=1S/C40H58/c1-31(19-13-21-33(3)25-27-37-35(5)23-15-29-39(37,7)8)17-11-12-18-32(2)20-14-22-34(4)26-28-38-36(6)24-16-30-40(38,9)10/h11-14,17-23,26,28,37H,15-16,24-25,27,29-30H2,1-10H3/b12-11+,19-13+,20-14+,28-26+,31-17+,32-18+,33-21-,34-22+/t37-/m0/s1. The SMILES string of the molecule is CC1=CCCC(C)(C)[C@H]1CC\C(C)=C/C=C/C(C)=C/C=C/C=C(C)/C=C/C=C(C)/C=C/C1=C(C)CCCC1(C)C. The zero-order valence-corrected chi connectivity index (χ0v) is 27.5. The molecule has 0 saturated carbocycles. The van der Waals surface area contributed by atoms with Gasteiger partial charge in [-0.15, -0.1) is 0 Å². The lowest BCUT2D eigenvalue weighted by Gasteiger charge is -2.38. The first-order chi connectivity index (χ1) is 18.8. The fraction of sp³-hybridized carbons (Fsp3) is 0.500. The van der Waals surface area contributed by atoms with Crippen molar-refractivity contribution in [2.24, 2.45) is 16.7 Å². The molecule has 0 aromatic heterocycles. The summed E-state index contributed by atoms with van der Waals surface area (Å²) in [7, 11) is 0. The summed E-state index contributed by atoms with van der Waals surface area (Å²) in [6, 6.07) is 0. The first-order valence-corrected chi connectivity index (χ1v) is 15.6. The van der Waals surface area contributed by atoms with Crippen LogP contribution < -0.4 is 0 Å². The molecular formula is C40H58. The maximum atomic E-state index is 2.46. The van der Waals surface area contributed by atoms with Crippen LogP contribution in [-0.2, 0) is 0 Å². The largest absolute Gasteiger partial charge is 0.0853 e. The van der Waals surface area contributed by atoms with Crippen molar-refractivity contribution in [2.45, 2.75) is 114 Å². The minimum absolute atomic E-state index is 0.294. The van der Waals surface area contributed by atoms with Gasteiger partial charge in [0.2, 0.25) is 0 Å². The Balaban J connectivity index is 1.83. The Labute approximate surface area is 248 Å². The molecule has 218 valence electrons. The van der Waals surface area contributed by atoms with E-state index in [-0.39, 0.29) is 0 Å². The Morgan fingerprint density at radius 2 is 1.35 bits per heavy atom. The molecule has 0 fully saturated rings. The van der Waals surface area contributed by atoms with Crippen LogP contribution in [0.3, 0.4) is 0 Å². The third-order valence-electron chi connectivity index (χ3n) is 8.92. The average molecular weight is 539 g/mol. The highest BCUT2D eigenvalue weighted by molar-refractivity contribution is 5.37. The molecule has 0 nitrogen and oxygen atoms in total. The Hall–Kier alpha value is -2.60. The lowest BCUT2D eigenvalue weighted by atomic mass is 9.67. The molecule has 0 aliphatic heterocycles. The fourth-order valence-corrected chi connectivity index (χ4v) is 6.20. The predicted molar refractivity (Wildman–Crippen MR) is 181 cm³/mol. The number of rotatable bonds is 11. The molecule has 2 rings (SSSR count). The van der Waals surface area contributed by atoms with Crippen molar-refractivity contribution >= 4 is 0 Å². The lowest BCUT2D eigenvalue weighted by Crippen LogP contribution is -2.27. The Kier molecular flexibility index (Phi) is 13.4. The van der Waals surface area contributed by atoms with Gasteiger partial charge in [0, 0.05) is 0 Å². The molecule has 0 N–H and O–H groups in total. The van der Waals surface area contributed by atoms with Gasteiger partial charge in [0.1, 0.15) is 0 Å². The fourth-order valence-electron chi connectivity index (χ4n) is 6.20. The summed E-state index contributed by atoms with van der Waals surface area (Å²) in [5.74, 6) is 0.713. The molecule has 0 aromatic carbocycles. The molecule has 0 spiro atoms. The summed E-state index contributed by atoms with van der Waals surface area (Å²) in [5.41, 5.74) is 10.6. The van der Waals surface area contributed by atoms with Crippen molar-refractivity contribution in [3.63, 3.8) is 0 Å². The number of hydrogen-bond acceptors (Lipinski definition) is 0. The van der Waals surface area contributed by atoms with Crippen LogP contribution in [0.5, 0.6) is 0 Å². The summed E-state index contributed by atoms with van der Waals surface area (Å²) < 4.78 is 0. The van der Waals surface area contributed by atoms with Crippen molar-refractivity contribution in [1.29, 1.82) is 0 Å². The molecule has 0 heteroatoms. The van der Waals surface area contributed by atoms with Crippen molar-refractivity contribution < 1.29 is 0 Å². The van der Waals surface area contributed by atoms with Crippen LogP contribution in [0.2, 0.25) is 0 Å². The minimum Gasteiger partial charge on any atom is -0.0853 e. The topological polar surface area (TPSA) is 0 Å². The van der Waals surface area contributed by atoms with Crippen LogP contribution in [0.1, 0.15) is 114 Å². The smallest absolute Gasteiger partial charge is 0.0104 e. The highest BCUT2D eigenvalue weighted by atomic mass is 14.4. The van der Waals surface area contributed by atoms with E-state index in [1.165, 1.54) is 72.8 Å². The van der Waals surface area contributed by atoms with Gasteiger partial charge in [-0.1, -0.05) is 140 Å². The van der Waals surface area contributed by atoms with Crippen LogP contribution >= 0.6 is 0 Å². The second-order valence-corrected chi connectivity index (χ2v) is 13.7. The molecular weight excluding hydrogens is 480 g/mol. The number of allylic oxidation sites excluding steroid dienone is 20. The van der Waals surface area contributed by atoms with Gasteiger partial charge in [-0.25, -0.2) is 0 Å². The Morgan fingerprint density at radius 3 is 1.95 bits per heavy atom. The van der Waals surface area contributed by atoms with E-state index in [1.807, 2.05) is 0 Å². The Bertz CT molecular complexity index is 1150. The molecule has 0 bridgehead atoms.